The molecule has 1 aromatic rings. The van der Waals surface area contributed by atoms with Crippen LogP contribution in [0.3, 0.4) is 0 Å². The average molecular weight is 365 g/mol. The summed E-state index contributed by atoms with van der Waals surface area (Å²) in [6.45, 7) is -0.121. The molecule has 1 aromatic carbocycles. The predicted molar refractivity (Wildman–Crippen MR) is 78.7 cm³/mol. The summed E-state index contributed by atoms with van der Waals surface area (Å²) in [4.78, 5) is 23.3. The van der Waals surface area contributed by atoms with Crippen LogP contribution in [0.25, 0.3) is 0 Å². The van der Waals surface area contributed by atoms with E-state index in [0.29, 0.717) is 5.02 Å². The van der Waals surface area contributed by atoms with Crippen LogP contribution in [0.2, 0.25) is 5.02 Å². The maximum Gasteiger partial charge on any atom is 0.328 e. The highest BCUT2D eigenvalue weighted by molar-refractivity contribution is 9.10. The summed E-state index contributed by atoms with van der Waals surface area (Å²) in [5, 5.41) is 3.11. The van der Waals surface area contributed by atoms with Crippen molar-refractivity contribution >= 4 is 39.4 Å². The van der Waals surface area contributed by atoms with E-state index in [1.807, 2.05) is 0 Å². The number of halogens is 2. The molecule has 1 N–H and O–H groups in total. The fraction of sp³-hybridized carbons (Fsp3) is 0.385. The van der Waals surface area contributed by atoms with Gasteiger partial charge in [-0.05, 0) is 23.8 Å². The van der Waals surface area contributed by atoms with Crippen molar-refractivity contribution in [3.05, 3.63) is 33.3 Å². The normalized spacial score (nSPS) is 11.8. The first-order chi connectivity index (χ1) is 9.47. The number of carbonyl (C=O) groups excluding carboxylic acids is 2. The Bertz CT molecular complexity index is 495. The number of esters is 1. The number of nitrogens with one attached hydrogen (secondary N) is 1. The number of amides is 1. The van der Waals surface area contributed by atoms with Gasteiger partial charge in [0, 0.05) is 23.0 Å². The van der Waals surface area contributed by atoms with Gasteiger partial charge < -0.3 is 14.8 Å². The fourth-order valence-electron chi connectivity index (χ4n) is 1.62. The minimum absolute atomic E-state index is 0.121. The van der Waals surface area contributed by atoms with Crippen molar-refractivity contribution in [2.24, 2.45) is 0 Å². The standard InChI is InChI=1S/C13H15BrClNO4/c1-19-7-12(17)16-11(13(18)20-2)6-8-5-9(15)3-4-10(8)14/h3-5,11H,6-7H2,1-2H3,(H,16,17)/t11-/m0/s1. The molecule has 0 saturated heterocycles. The molecule has 0 radical (unpaired) electrons. The van der Waals surface area contributed by atoms with Gasteiger partial charge in [0.05, 0.1) is 7.11 Å². The van der Waals surface area contributed by atoms with Crippen LogP contribution >= 0.6 is 27.5 Å². The van der Waals surface area contributed by atoms with E-state index >= 15 is 0 Å². The summed E-state index contributed by atoms with van der Waals surface area (Å²) in [5.41, 5.74) is 0.797. The molecule has 0 aliphatic carbocycles. The maximum atomic E-state index is 11.7. The van der Waals surface area contributed by atoms with Gasteiger partial charge in [-0.15, -0.1) is 0 Å². The first-order valence-electron chi connectivity index (χ1n) is 5.78. The lowest BCUT2D eigenvalue weighted by atomic mass is 10.1. The van der Waals surface area contributed by atoms with Gasteiger partial charge in [-0.3, -0.25) is 4.79 Å². The molecular formula is C13H15BrClNO4. The van der Waals surface area contributed by atoms with Crippen molar-refractivity contribution in [3.8, 4) is 0 Å². The SMILES string of the molecule is COCC(=O)N[C@@H](Cc1cc(Cl)ccc1Br)C(=O)OC. The Morgan fingerprint density at radius 2 is 2.10 bits per heavy atom. The lowest BCUT2D eigenvalue weighted by Gasteiger charge is -2.17. The molecule has 0 spiro atoms. The first-order valence-corrected chi connectivity index (χ1v) is 6.95. The van der Waals surface area contributed by atoms with E-state index in [-0.39, 0.29) is 18.9 Å². The van der Waals surface area contributed by atoms with Crippen molar-refractivity contribution in [3.63, 3.8) is 0 Å². The zero-order chi connectivity index (χ0) is 15.1. The summed E-state index contributed by atoms with van der Waals surface area (Å²) in [6.07, 6.45) is 0.267. The van der Waals surface area contributed by atoms with Crippen LogP contribution in [0.15, 0.2) is 22.7 Å². The van der Waals surface area contributed by atoms with E-state index in [1.165, 1.54) is 14.2 Å². The van der Waals surface area contributed by atoms with Gasteiger partial charge in [0.25, 0.3) is 0 Å². The third-order valence-electron chi connectivity index (χ3n) is 2.53. The number of carbonyl (C=O) groups is 2. The molecule has 1 rings (SSSR count). The number of rotatable bonds is 6. The topological polar surface area (TPSA) is 64.6 Å². The van der Waals surface area contributed by atoms with Gasteiger partial charge in [0.1, 0.15) is 12.6 Å². The molecular weight excluding hydrogens is 350 g/mol. The van der Waals surface area contributed by atoms with Gasteiger partial charge >= 0.3 is 5.97 Å². The number of methoxy groups -OCH3 is 2. The third-order valence-corrected chi connectivity index (χ3v) is 3.54. The Labute approximate surface area is 130 Å². The molecule has 0 fully saturated rings. The summed E-state index contributed by atoms with van der Waals surface area (Å²) in [7, 11) is 2.67. The van der Waals surface area contributed by atoms with E-state index in [2.05, 4.69) is 21.2 Å². The highest BCUT2D eigenvalue weighted by atomic mass is 79.9. The molecule has 0 heterocycles. The largest absolute Gasteiger partial charge is 0.467 e. The second kappa shape index (κ2) is 8.24. The number of ether oxygens (including phenoxy) is 2. The maximum absolute atomic E-state index is 11.7. The molecule has 0 aromatic heterocycles. The highest BCUT2D eigenvalue weighted by Gasteiger charge is 2.22. The van der Waals surface area contributed by atoms with Gasteiger partial charge in [-0.1, -0.05) is 27.5 Å². The van der Waals surface area contributed by atoms with Crippen LogP contribution in [0.5, 0.6) is 0 Å². The molecule has 1 amide bonds. The van der Waals surface area contributed by atoms with Crippen molar-refractivity contribution in [2.75, 3.05) is 20.8 Å². The third kappa shape index (κ3) is 5.11. The Morgan fingerprint density at radius 3 is 2.70 bits per heavy atom. The second-order valence-electron chi connectivity index (χ2n) is 4.02. The van der Waals surface area contributed by atoms with E-state index in [1.54, 1.807) is 18.2 Å². The van der Waals surface area contributed by atoms with Crippen LogP contribution in [0.1, 0.15) is 5.56 Å². The van der Waals surface area contributed by atoms with Crippen LogP contribution in [0, 0.1) is 0 Å². The second-order valence-corrected chi connectivity index (χ2v) is 5.31. The van der Waals surface area contributed by atoms with Gasteiger partial charge in [-0.2, -0.15) is 0 Å². The lowest BCUT2D eigenvalue weighted by molar-refractivity contribution is -0.145. The zero-order valence-corrected chi connectivity index (χ0v) is 13.5. The van der Waals surface area contributed by atoms with Crippen LogP contribution in [-0.2, 0) is 25.5 Å². The molecule has 0 saturated carbocycles. The van der Waals surface area contributed by atoms with Crippen molar-refractivity contribution in [2.45, 2.75) is 12.5 Å². The quantitative estimate of drug-likeness (QED) is 0.784. The predicted octanol–water partition coefficient (Wildman–Crippen LogP) is 1.95. The van der Waals surface area contributed by atoms with E-state index in [9.17, 15) is 9.59 Å². The number of hydrogen-bond donors (Lipinski definition) is 1. The fourth-order valence-corrected chi connectivity index (χ4v) is 2.23. The van der Waals surface area contributed by atoms with Crippen molar-refractivity contribution in [1.82, 2.24) is 5.32 Å². The number of hydrogen-bond acceptors (Lipinski definition) is 4. The van der Waals surface area contributed by atoms with Crippen LogP contribution in [-0.4, -0.2) is 38.7 Å². The Hall–Kier alpha value is -1.11. The van der Waals surface area contributed by atoms with Gasteiger partial charge in [0.2, 0.25) is 5.91 Å². The molecule has 1 atom stereocenters. The molecule has 5 nitrogen and oxygen atoms in total. The zero-order valence-electron chi connectivity index (χ0n) is 11.1. The van der Waals surface area contributed by atoms with E-state index in [0.717, 1.165) is 10.0 Å². The van der Waals surface area contributed by atoms with Gasteiger partial charge in [-0.25, -0.2) is 4.79 Å². The average Bonchev–Trinajstić information content (AvgIpc) is 2.41. The molecule has 0 aliphatic rings. The van der Waals surface area contributed by atoms with Gasteiger partial charge in [0.15, 0.2) is 0 Å². The number of benzene rings is 1. The molecule has 0 bridgehead atoms. The summed E-state index contributed by atoms with van der Waals surface area (Å²) < 4.78 is 10.2. The Morgan fingerprint density at radius 1 is 1.40 bits per heavy atom. The van der Waals surface area contributed by atoms with E-state index < -0.39 is 12.0 Å². The monoisotopic (exact) mass is 363 g/mol. The Balaban J connectivity index is 2.86. The van der Waals surface area contributed by atoms with E-state index in [4.69, 9.17) is 21.1 Å². The van der Waals surface area contributed by atoms with Crippen molar-refractivity contribution in [1.29, 1.82) is 0 Å². The Kier molecular flexibility index (Phi) is 6.98. The molecule has 7 heteroatoms. The highest BCUT2D eigenvalue weighted by Crippen LogP contribution is 2.22. The minimum Gasteiger partial charge on any atom is -0.467 e. The molecule has 20 heavy (non-hydrogen) atoms. The van der Waals surface area contributed by atoms with Crippen molar-refractivity contribution < 1.29 is 19.1 Å². The molecule has 0 unspecified atom stereocenters. The molecule has 0 aliphatic heterocycles. The lowest BCUT2D eigenvalue weighted by Crippen LogP contribution is -2.44. The van der Waals surface area contributed by atoms with Crippen LogP contribution in [0.4, 0.5) is 0 Å². The minimum atomic E-state index is -0.794. The summed E-state index contributed by atoms with van der Waals surface area (Å²) in [5.74, 6) is -0.914. The summed E-state index contributed by atoms with van der Waals surface area (Å²) >= 11 is 9.30. The smallest absolute Gasteiger partial charge is 0.328 e. The van der Waals surface area contributed by atoms with Crippen LogP contribution < -0.4 is 5.32 Å². The molecule has 110 valence electrons. The summed E-state index contributed by atoms with van der Waals surface area (Å²) in [6, 6.07) is 4.44. The first kappa shape index (κ1) is 16.9.